The highest BCUT2D eigenvalue weighted by molar-refractivity contribution is 6.31. The summed E-state index contributed by atoms with van der Waals surface area (Å²) in [6.45, 7) is 0.119. The number of benzene rings is 3. The fourth-order valence-electron chi connectivity index (χ4n) is 3.31. The highest BCUT2D eigenvalue weighted by Gasteiger charge is 2.34. The lowest BCUT2D eigenvalue weighted by Gasteiger charge is -2.11. The Morgan fingerprint density at radius 3 is 2.14 bits per heavy atom. The quantitative estimate of drug-likeness (QED) is 0.452. The fraction of sp³-hybridized carbons (Fsp3) is 0.0417. The Morgan fingerprint density at radius 1 is 0.862 bits per heavy atom. The Hall–Kier alpha value is -3.50. The lowest BCUT2D eigenvalue weighted by Crippen LogP contribution is -2.29. The molecule has 0 radical (unpaired) electrons. The third-order valence-corrected chi connectivity index (χ3v) is 4.99. The molecule has 1 aliphatic heterocycles. The summed E-state index contributed by atoms with van der Waals surface area (Å²) in [6, 6.07) is 20.8. The first-order chi connectivity index (χ1) is 14.1. The molecule has 0 aliphatic carbocycles. The summed E-state index contributed by atoms with van der Waals surface area (Å²) in [5.41, 5.74) is 2.52. The van der Waals surface area contributed by atoms with Gasteiger partial charge in [0.15, 0.2) is 5.78 Å². The SMILES string of the molecule is O=C(c1ccccc1)c1cc(Cl)ccc1C=CCN1C(=O)c2ccccc2C1=O. The van der Waals surface area contributed by atoms with Gasteiger partial charge in [-0.2, -0.15) is 0 Å². The van der Waals surface area contributed by atoms with Crippen LogP contribution in [0, 0.1) is 0 Å². The zero-order valence-corrected chi connectivity index (χ0v) is 16.1. The molecule has 142 valence electrons. The molecule has 3 aromatic rings. The van der Waals surface area contributed by atoms with Crippen LogP contribution in [0.3, 0.4) is 0 Å². The monoisotopic (exact) mass is 401 g/mol. The first-order valence-corrected chi connectivity index (χ1v) is 9.45. The number of hydrogen-bond acceptors (Lipinski definition) is 3. The van der Waals surface area contributed by atoms with Crippen molar-refractivity contribution in [3.63, 3.8) is 0 Å². The van der Waals surface area contributed by atoms with Crippen molar-refractivity contribution in [1.29, 1.82) is 0 Å². The van der Waals surface area contributed by atoms with E-state index in [-0.39, 0.29) is 24.1 Å². The number of nitrogens with zero attached hydrogens (tertiary/aromatic N) is 1. The molecule has 0 unspecified atom stereocenters. The van der Waals surface area contributed by atoms with Crippen molar-refractivity contribution in [3.8, 4) is 0 Å². The topological polar surface area (TPSA) is 54.5 Å². The largest absolute Gasteiger partial charge is 0.289 e. The Balaban J connectivity index is 1.58. The van der Waals surface area contributed by atoms with Crippen LogP contribution in [0.1, 0.15) is 42.2 Å². The molecule has 29 heavy (non-hydrogen) atoms. The van der Waals surface area contributed by atoms with Gasteiger partial charge in [0, 0.05) is 22.7 Å². The molecule has 1 heterocycles. The summed E-state index contributed by atoms with van der Waals surface area (Å²) in [5.74, 6) is -0.771. The van der Waals surface area contributed by atoms with E-state index in [0.717, 1.165) is 0 Å². The van der Waals surface area contributed by atoms with Gasteiger partial charge in [-0.15, -0.1) is 0 Å². The average Bonchev–Trinajstić information content (AvgIpc) is 3.00. The maximum Gasteiger partial charge on any atom is 0.261 e. The molecule has 4 rings (SSSR count). The van der Waals surface area contributed by atoms with Crippen molar-refractivity contribution in [2.24, 2.45) is 0 Å². The van der Waals surface area contributed by atoms with Crippen LogP contribution < -0.4 is 0 Å². The van der Waals surface area contributed by atoms with E-state index in [9.17, 15) is 14.4 Å². The Kier molecular flexibility index (Phi) is 5.10. The molecule has 1 aliphatic rings. The smallest absolute Gasteiger partial charge is 0.261 e. The van der Waals surface area contributed by atoms with Crippen molar-refractivity contribution in [3.05, 3.63) is 112 Å². The molecule has 0 aromatic heterocycles. The summed E-state index contributed by atoms with van der Waals surface area (Å²) in [7, 11) is 0. The summed E-state index contributed by atoms with van der Waals surface area (Å²) < 4.78 is 0. The number of carbonyl (C=O) groups is 3. The molecule has 4 nitrogen and oxygen atoms in total. The highest BCUT2D eigenvalue weighted by atomic mass is 35.5. The third-order valence-electron chi connectivity index (χ3n) is 4.76. The first kappa shape index (κ1) is 18.8. The van der Waals surface area contributed by atoms with E-state index in [1.165, 1.54) is 4.90 Å². The van der Waals surface area contributed by atoms with E-state index in [1.54, 1.807) is 78.9 Å². The van der Waals surface area contributed by atoms with Crippen LogP contribution in [0.15, 0.2) is 78.9 Å². The van der Waals surface area contributed by atoms with E-state index in [1.807, 2.05) is 6.07 Å². The van der Waals surface area contributed by atoms with Gasteiger partial charge in [-0.1, -0.05) is 72.3 Å². The molecule has 0 fully saturated rings. The molecule has 0 spiro atoms. The second-order valence-corrected chi connectivity index (χ2v) is 7.03. The number of ketones is 1. The maximum atomic E-state index is 12.9. The van der Waals surface area contributed by atoms with Gasteiger partial charge in [0.1, 0.15) is 0 Å². The zero-order chi connectivity index (χ0) is 20.4. The molecule has 0 N–H and O–H groups in total. The molecular weight excluding hydrogens is 386 g/mol. The van der Waals surface area contributed by atoms with Gasteiger partial charge in [0.25, 0.3) is 11.8 Å². The van der Waals surface area contributed by atoms with Gasteiger partial charge >= 0.3 is 0 Å². The predicted octanol–water partition coefficient (Wildman–Crippen LogP) is 4.88. The Labute approximate surface area is 173 Å². The molecule has 5 heteroatoms. The molecule has 0 saturated carbocycles. The number of carbonyl (C=O) groups excluding carboxylic acids is 3. The molecule has 3 aromatic carbocycles. The van der Waals surface area contributed by atoms with E-state index in [0.29, 0.717) is 32.8 Å². The van der Waals surface area contributed by atoms with Gasteiger partial charge in [0.05, 0.1) is 11.1 Å². The average molecular weight is 402 g/mol. The van der Waals surface area contributed by atoms with Crippen molar-refractivity contribution >= 4 is 35.3 Å². The third kappa shape index (κ3) is 3.62. The summed E-state index contributed by atoms with van der Waals surface area (Å²) >= 11 is 6.10. The van der Waals surface area contributed by atoms with Crippen LogP contribution in [0.2, 0.25) is 5.02 Å². The molecule has 0 atom stereocenters. The number of halogens is 1. The minimum Gasteiger partial charge on any atom is -0.289 e. The fourth-order valence-corrected chi connectivity index (χ4v) is 3.48. The van der Waals surface area contributed by atoms with E-state index in [4.69, 9.17) is 11.6 Å². The normalized spacial score (nSPS) is 13.2. The van der Waals surface area contributed by atoms with Gasteiger partial charge < -0.3 is 0 Å². The first-order valence-electron chi connectivity index (χ1n) is 9.07. The van der Waals surface area contributed by atoms with E-state index < -0.39 is 0 Å². The second-order valence-electron chi connectivity index (χ2n) is 6.60. The van der Waals surface area contributed by atoms with Crippen LogP contribution in [0.25, 0.3) is 6.08 Å². The van der Waals surface area contributed by atoms with Crippen LogP contribution in [-0.4, -0.2) is 29.0 Å². The Morgan fingerprint density at radius 2 is 1.48 bits per heavy atom. The van der Waals surface area contributed by atoms with Crippen molar-refractivity contribution in [2.45, 2.75) is 0 Å². The number of imide groups is 1. The van der Waals surface area contributed by atoms with Gasteiger partial charge in [0.2, 0.25) is 0 Å². The minimum atomic E-state index is -0.313. The summed E-state index contributed by atoms with van der Waals surface area (Å²) in [6.07, 6.45) is 3.43. The number of hydrogen-bond donors (Lipinski definition) is 0. The van der Waals surface area contributed by atoms with Crippen molar-refractivity contribution in [2.75, 3.05) is 6.54 Å². The highest BCUT2D eigenvalue weighted by Crippen LogP contribution is 2.23. The number of rotatable bonds is 5. The standard InChI is InChI=1S/C24H16ClNO3/c25-18-13-12-16(21(15-18)22(27)17-7-2-1-3-8-17)9-6-14-26-23(28)19-10-4-5-11-20(19)24(26)29/h1-13,15H,14H2. The second kappa shape index (κ2) is 7.86. The van der Waals surface area contributed by atoms with Gasteiger partial charge in [-0.3, -0.25) is 19.3 Å². The summed E-state index contributed by atoms with van der Waals surface area (Å²) in [4.78, 5) is 39.0. The van der Waals surface area contributed by atoms with E-state index in [2.05, 4.69) is 0 Å². The lowest BCUT2D eigenvalue weighted by molar-refractivity contribution is 0.0672. The molecule has 2 amide bonds. The van der Waals surface area contributed by atoms with Crippen LogP contribution >= 0.6 is 11.6 Å². The van der Waals surface area contributed by atoms with Crippen LogP contribution in [0.4, 0.5) is 0 Å². The van der Waals surface area contributed by atoms with E-state index >= 15 is 0 Å². The molecule has 0 saturated heterocycles. The molecular formula is C24H16ClNO3. The minimum absolute atomic E-state index is 0.119. The number of amides is 2. The van der Waals surface area contributed by atoms with Crippen molar-refractivity contribution < 1.29 is 14.4 Å². The van der Waals surface area contributed by atoms with Crippen molar-refractivity contribution in [1.82, 2.24) is 4.90 Å². The molecule has 0 bridgehead atoms. The number of fused-ring (bicyclic) bond motifs is 1. The lowest BCUT2D eigenvalue weighted by atomic mass is 9.98. The zero-order valence-electron chi connectivity index (χ0n) is 15.3. The van der Waals surface area contributed by atoms with Gasteiger partial charge in [-0.05, 0) is 29.8 Å². The maximum absolute atomic E-state index is 12.9. The van der Waals surface area contributed by atoms with Gasteiger partial charge in [-0.25, -0.2) is 0 Å². The summed E-state index contributed by atoms with van der Waals surface area (Å²) in [5, 5.41) is 0.460. The Bertz CT molecular complexity index is 1120. The van der Waals surface area contributed by atoms with Crippen LogP contribution in [0.5, 0.6) is 0 Å². The predicted molar refractivity (Wildman–Crippen MR) is 112 cm³/mol. The van der Waals surface area contributed by atoms with Crippen LogP contribution in [-0.2, 0) is 0 Å².